The minimum Gasteiger partial charge on any atom is -0.492 e. The molecule has 1 N–H and O–H groups in total. The van der Waals surface area contributed by atoms with Gasteiger partial charge in [0.05, 0.1) is 6.26 Å². The fraction of sp³-hybridized carbons (Fsp3) is 0.238. The van der Waals surface area contributed by atoms with E-state index in [0.717, 1.165) is 34.4 Å². The van der Waals surface area contributed by atoms with Crippen LogP contribution in [0.1, 0.15) is 12.8 Å². The zero-order valence-corrected chi connectivity index (χ0v) is 15.9. The molecule has 0 spiro atoms. The molecule has 0 aliphatic carbocycles. The van der Waals surface area contributed by atoms with E-state index in [2.05, 4.69) is 16.6 Å². The molecule has 28 heavy (non-hydrogen) atoms. The first-order valence-electron chi connectivity index (χ1n) is 9.00. The van der Waals surface area contributed by atoms with Crippen molar-refractivity contribution in [3.8, 4) is 11.5 Å². The van der Waals surface area contributed by atoms with Gasteiger partial charge in [0.25, 0.3) is 0 Å². The zero-order chi connectivity index (χ0) is 19.5. The highest BCUT2D eigenvalue weighted by Crippen LogP contribution is 2.30. The Labute approximate surface area is 165 Å². The number of benzene rings is 2. The fourth-order valence-corrected chi connectivity index (χ4v) is 4.38. The van der Waals surface area contributed by atoms with Crippen molar-refractivity contribution in [2.75, 3.05) is 13.2 Å². The summed E-state index contributed by atoms with van der Waals surface area (Å²) in [5.41, 5.74) is -0.0621. The molecule has 6 nitrogen and oxygen atoms in total. The molecule has 1 aromatic heterocycles. The summed E-state index contributed by atoms with van der Waals surface area (Å²) in [5, 5.41) is 4.61. The average Bonchev–Trinajstić information content (AvgIpc) is 3.20. The van der Waals surface area contributed by atoms with Gasteiger partial charge in [-0.05, 0) is 55.8 Å². The molecule has 1 atom stereocenters. The summed E-state index contributed by atoms with van der Waals surface area (Å²) in [6.07, 6.45) is 2.41. The van der Waals surface area contributed by atoms with E-state index in [9.17, 15) is 9.59 Å². The van der Waals surface area contributed by atoms with E-state index in [1.165, 1.54) is 17.8 Å². The van der Waals surface area contributed by atoms with Crippen molar-refractivity contribution in [2.45, 2.75) is 18.9 Å². The lowest BCUT2D eigenvalue weighted by Gasteiger charge is -2.12. The molecule has 1 fully saturated rings. The third-order valence-electron chi connectivity index (χ3n) is 4.61. The van der Waals surface area contributed by atoms with Gasteiger partial charge in [-0.25, -0.2) is 4.79 Å². The van der Waals surface area contributed by atoms with E-state index in [1.807, 2.05) is 12.1 Å². The van der Waals surface area contributed by atoms with E-state index < -0.39 is 6.16 Å². The maximum atomic E-state index is 12.8. The largest absolute Gasteiger partial charge is 0.518 e. The van der Waals surface area contributed by atoms with Crippen molar-refractivity contribution in [1.29, 1.82) is 0 Å². The maximum Gasteiger partial charge on any atom is 0.518 e. The number of hydrogen-bond acceptors (Lipinski definition) is 7. The molecule has 3 aromatic rings. The Bertz CT molecular complexity index is 1100. The first-order valence-corrected chi connectivity index (χ1v) is 9.82. The first kappa shape index (κ1) is 18.5. The Morgan fingerprint density at radius 1 is 1.18 bits per heavy atom. The smallest absolute Gasteiger partial charge is 0.492 e. The van der Waals surface area contributed by atoms with Crippen LogP contribution in [0.3, 0.4) is 0 Å². The number of ether oxygens (including phenoxy) is 3. The van der Waals surface area contributed by atoms with Gasteiger partial charge in [-0.15, -0.1) is 11.3 Å². The lowest BCUT2D eigenvalue weighted by Crippen LogP contribution is -2.28. The van der Waals surface area contributed by atoms with Crippen LogP contribution in [0, 0.1) is 0 Å². The van der Waals surface area contributed by atoms with Gasteiger partial charge in [-0.3, -0.25) is 4.79 Å². The number of carbonyl (C=O) groups excluding carboxylic acids is 1. The van der Waals surface area contributed by atoms with E-state index in [4.69, 9.17) is 9.47 Å². The summed E-state index contributed by atoms with van der Waals surface area (Å²) in [4.78, 5) is 24.3. The second-order valence-corrected chi connectivity index (χ2v) is 7.57. The van der Waals surface area contributed by atoms with Gasteiger partial charge in [0.2, 0.25) is 0 Å². The normalized spacial score (nSPS) is 16.2. The predicted octanol–water partition coefficient (Wildman–Crippen LogP) is 4.20. The number of nitrogens with one attached hydrogen (secondary N) is 1. The van der Waals surface area contributed by atoms with Crippen molar-refractivity contribution in [1.82, 2.24) is 5.32 Å². The van der Waals surface area contributed by atoms with E-state index in [1.54, 1.807) is 24.3 Å². The maximum absolute atomic E-state index is 12.8. The molecule has 1 unspecified atom stereocenters. The lowest BCUT2D eigenvalue weighted by atomic mass is 10.1. The van der Waals surface area contributed by atoms with Gasteiger partial charge in [-0.2, -0.15) is 0 Å². The van der Waals surface area contributed by atoms with E-state index in [0.29, 0.717) is 29.2 Å². The summed E-state index contributed by atoms with van der Waals surface area (Å²) in [5.74, 6) is 1.03. The molecule has 2 heterocycles. The third-order valence-corrected chi connectivity index (χ3v) is 5.72. The van der Waals surface area contributed by atoms with Crippen LogP contribution in [0.15, 0.2) is 54.0 Å². The van der Waals surface area contributed by atoms with E-state index >= 15 is 0 Å². The highest BCUT2D eigenvalue weighted by atomic mass is 32.1. The molecule has 0 bridgehead atoms. The summed E-state index contributed by atoms with van der Waals surface area (Å²) >= 11 is 1.44. The molecule has 2 aromatic carbocycles. The Kier molecular flexibility index (Phi) is 5.27. The molecular formula is C21H19NO5S. The first-order chi connectivity index (χ1) is 13.6. The number of rotatable bonds is 5. The second-order valence-electron chi connectivity index (χ2n) is 6.49. The minimum atomic E-state index is -0.876. The Morgan fingerprint density at radius 2 is 1.89 bits per heavy atom. The monoisotopic (exact) mass is 397 g/mol. The molecule has 7 heteroatoms. The molecule has 144 valence electrons. The van der Waals surface area contributed by atoms with Gasteiger partial charge in [0, 0.05) is 26.2 Å². The summed E-state index contributed by atoms with van der Waals surface area (Å²) in [6, 6.07) is 10.8. The minimum absolute atomic E-state index is 0.0621. The Hall–Kier alpha value is -2.90. The SMILES string of the molecule is C=COC(=O)Oc1ccc2c(=O)c3ccc(OCC4CCCN4)cc3sc2c1. The molecule has 1 aliphatic rings. The number of fused-ring (bicyclic) bond motifs is 2. The molecular weight excluding hydrogens is 378 g/mol. The fourth-order valence-electron chi connectivity index (χ4n) is 3.25. The highest BCUT2D eigenvalue weighted by Gasteiger charge is 2.15. The van der Waals surface area contributed by atoms with Crippen LogP contribution in [0.5, 0.6) is 11.5 Å². The molecule has 0 amide bonds. The van der Waals surface area contributed by atoms with Crippen LogP contribution < -0.4 is 20.2 Å². The van der Waals surface area contributed by atoms with Crippen LogP contribution in [-0.2, 0) is 4.74 Å². The van der Waals surface area contributed by atoms with Crippen molar-refractivity contribution in [3.63, 3.8) is 0 Å². The van der Waals surface area contributed by atoms with Crippen LogP contribution in [0.25, 0.3) is 20.2 Å². The highest BCUT2D eigenvalue weighted by molar-refractivity contribution is 7.24. The van der Waals surface area contributed by atoms with Crippen LogP contribution in [0.4, 0.5) is 4.79 Å². The van der Waals surface area contributed by atoms with Gasteiger partial charge >= 0.3 is 6.16 Å². The van der Waals surface area contributed by atoms with E-state index in [-0.39, 0.29) is 5.43 Å². The molecule has 0 radical (unpaired) electrons. The third kappa shape index (κ3) is 3.85. The van der Waals surface area contributed by atoms with Gasteiger partial charge in [0.1, 0.15) is 18.1 Å². The Balaban J connectivity index is 1.65. The van der Waals surface area contributed by atoms with Crippen LogP contribution >= 0.6 is 11.3 Å². The topological polar surface area (TPSA) is 73.9 Å². The number of carbonyl (C=O) groups is 1. The van der Waals surface area contributed by atoms with Crippen LogP contribution in [0.2, 0.25) is 0 Å². The summed E-state index contributed by atoms with van der Waals surface area (Å²) in [6.45, 7) is 4.95. The molecule has 0 saturated carbocycles. The zero-order valence-electron chi connectivity index (χ0n) is 15.1. The van der Waals surface area contributed by atoms with Crippen molar-refractivity contribution in [2.24, 2.45) is 0 Å². The second kappa shape index (κ2) is 8.00. The average molecular weight is 397 g/mol. The summed E-state index contributed by atoms with van der Waals surface area (Å²) < 4.78 is 17.1. The van der Waals surface area contributed by atoms with Gasteiger partial charge < -0.3 is 19.5 Å². The quantitative estimate of drug-likeness (QED) is 0.301. The standard InChI is InChI=1S/C21H19NO5S/c1-2-25-21(24)27-15-6-8-17-19(11-15)28-18-10-14(5-7-16(18)20(17)23)26-12-13-4-3-9-22-13/h2,5-8,10-11,13,22H,1,3-4,9,12H2. The van der Waals surface area contributed by atoms with Crippen molar-refractivity contribution in [3.05, 3.63) is 59.5 Å². The molecule has 1 saturated heterocycles. The van der Waals surface area contributed by atoms with Gasteiger partial charge in [0.15, 0.2) is 5.43 Å². The van der Waals surface area contributed by atoms with Gasteiger partial charge in [-0.1, -0.05) is 6.58 Å². The Morgan fingerprint density at radius 3 is 2.57 bits per heavy atom. The lowest BCUT2D eigenvalue weighted by molar-refractivity contribution is 0.136. The van der Waals surface area contributed by atoms with Crippen LogP contribution in [-0.4, -0.2) is 25.3 Å². The number of hydrogen-bond donors (Lipinski definition) is 1. The summed E-state index contributed by atoms with van der Waals surface area (Å²) in [7, 11) is 0. The molecule has 4 rings (SSSR count). The predicted molar refractivity (Wildman–Crippen MR) is 109 cm³/mol. The molecule has 1 aliphatic heterocycles. The van der Waals surface area contributed by atoms with Crippen molar-refractivity contribution < 1.29 is 19.0 Å². The van der Waals surface area contributed by atoms with Crippen molar-refractivity contribution >= 4 is 37.7 Å².